The second-order valence-corrected chi connectivity index (χ2v) is 3.86. The van der Waals surface area contributed by atoms with Crippen molar-refractivity contribution < 1.29 is 5.11 Å². The molecule has 0 saturated carbocycles. The highest BCUT2D eigenvalue weighted by atomic mass is 16.3. The molecule has 0 aliphatic rings. The van der Waals surface area contributed by atoms with Gasteiger partial charge in [0, 0.05) is 12.7 Å². The molecular weight excluding hydrogens is 214 g/mol. The zero-order valence-corrected chi connectivity index (χ0v) is 9.72. The van der Waals surface area contributed by atoms with Crippen LogP contribution in [0.15, 0.2) is 36.5 Å². The molecule has 4 heteroatoms. The molecule has 2 rings (SSSR count). The average Bonchev–Trinajstić information content (AvgIpc) is 2.38. The monoisotopic (exact) mass is 229 g/mol. The Kier molecular flexibility index (Phi) is 3.67. The van der Waals surface area contributed by atoms with Crippen LogP contribution in [-0.2, 0) is 13.2 Å². The molecule has 0 aliphatic carbocycles. The fourth-order valence-corrected chi connectivity index (χ4v) is 1.47. The van der Waals surface area contributed by atoms with Gasteiger partial charge in [-0.15, -0.1) is 0 Å². The number of aryl methyl sites for hydroxylation is 1. The lowest BCUT2D eigenvalue weighted by atomic mass is 10.1. The van der Waals surface area contributed by atoms with E-state index in [1.165, 1.54) is 11.1 Å². The minimum absolute atomic E-state index is 0.139. The van der Waals surface area contributed by atoms with Gasteiger partial charge in [0.1, 0.15) is 12.4 Å². The molecular formula is C13H15N3O. The molecule has 1 aromatic carbocycles. The molecule has 0 bridgehead atoms. The fourth-order valence-electron chi connectivity index (χ4n) is 1.47. The van der Waals surface area contributed by atoms with Crippen molar-refractivity contribution in [3.05, 3.63) is 53.5 Å². The molecule has 0 saturated heterocycles. The Balaban J connectivity index is 1.99. The van der Waals surface area contributed by atoms with Crippen LogP contribution in [0.5, 0.6) is 0 Å². The second kappa shape index (κ2) is 5.41. The van der Waals surface area contributed by atoms with Crippen LogP contribution in [0, 0.1) is 6.92 Å². The van der Waals surface area contributed by atoms with Crippen molar-refractivity contribution in [3.63, 3.8) is 0 Å². The summed E-state index contributed by atoms with van der Waals surface area (Å²) in [6, 6.07) is 10.1. The van der Waals surface area contributed by atoms with Crippen LogP contribution in [0.4, 0.5) is 5.82 Å². The topological polar surface area (TPSA) is 58.0 Å². The van der Waals surface area contributed by atoms with Gasteiger partial charge in [0.25, 0.3) is 0 Å². The van der Waals surface area contributed by atoms with E-state index in [1.807, 2.05) is 0 Å². The van der Waals surface area contributed by atoms with Crippen molar-refractivity contribution in [1.82, 2.24) is 9.97 Å². The summed E-state index contributed by atoms with van der Waals surface area (Å²) in [6.45, 7) is 2.64. The zero-order valence-electron chi connectivity index (χ0n) is 9.72. The minimum atomic E-state index is -0.139. The summed E-state index contributed by atoms with van der Waals surface area (Å²) in [5.41, 5.74) is 2.44. The van der Waals surface area contributed by atoms with Crippen LogP contribution in [0.2, 0.25) is 0 Å². The van der Waals surface area contributed by atoms with Crippen molar-refractivity contribution in [2.75, 3.05) is 5.32 Å². The highest BCUT2D eigenvalue weighted by Crippen LogP contribution is 2.07. The maximum absolute atomic E-state index is 8.93. The maximum atomic E-state index is 8.93. The van der Waals surface area contributed by atoms with Crippen LogP contribution < -0.4 is 5.32 Å². The van der Waals surface area contributed by atoms with E-state index in [2.05, 4.69) is 46.5 Å². The predicted molar refractivity (Wildman–Crippen MR) is 66.5 cm³/mol. The summed E-state index contributed by atoms with van der Waals surface area (Å²) in [6.07, 6.45) is 1.63. The van der Waals surface area contributed by atoms with E-state index >= 15 is 0 Å². The van der Waals surface area contributed by atoms with Gasteiger partial charge in [0.2, 0.25) is 0 Å². The Morgan fingerprint density at radius 1 is 1.18 bits per heavy atom. The molecule has 88 valence electrons. The molecule has 0 aliphatic heterocycles. The van der Waals surface area contributed by atoms with Gasteiger partial charge in [-0.1, -0.05) is 29.8 Å². The average molecular weight is 229 g/mol. The van der Waals surface area contributed by atoms with Crippen LogP contribution in [0.25, 0.3) is 0 Å². The largest absolute Gasteiger partial charge is 0.388 e. The number of aromatic nitrogens is 2. The van der Waals surface area contributed by atoms with Crippen LogP contribution in [-0.4, -0.2) is 15.1 Å². The van der Waals surface area contributed by atoms with E-state index in [0.717, 1.165) is 5.82 Å². The lowest BCUT2D eigenvalue weighted by Gasteiger charge is -2.06. The van der Waals surface area contributed by atoms with Gasteiger partial charge in [-0.3, -0.25) is 0 Å². The van der Waals surface area contributed by atoms with Gasteiger partial charge >= 0.3 is 0 Å². The number of aliphatic hydroxyl groups excluding tert-OH is 1. The number of nitrogens with one attached hydrogen (secondary N) is 1. The highest BCUT2D eigenvalue weighted by molar-refractivity contribution is 5.34. The standard InChI is InChI=1S/C13H15N3O/c1-10-2-4-11(5-3-10)8-15-12-6-7-14-13(9-17)16-12/h2-7,17H,8-9H2,1H3,(H,14,15,16). The molecule has 17 heavy (non-hydrogen) atoms. The lowest BCUT2D eigenvalue weighted by molar-refractivity contribution is 0.271. The normalized spacial score (nSPS) is 10.2. The van der Waals surface area contributed by atoms with E-state index in [4.69, 9.17) is 5.11 Å². The number of nitrogens with zero attached hydrogens (tertiary/aromatic N) is 2. The number of hydrogen-bond acceptors (Lipinski definition) is 4. The van der Waals surface area contributed by atoms with E-state index in [-0.39, 0.29) is 6.61 Å². The quantitative estimate of drug-likeness (QED) is 0.840. The number of anilines is 1. The Morgan fingerprint density at radius 3 is 2.65 bits per heavy atom. The van der Waals surface area contributed by atoms with Gasteiger partial charge in [0.15, 0.2) is 5.82 Å². The van der Waals surface area contributed by atoms with Crippen LogP contribution >= 0.6 is 0 Å². The molecule has 0 radical (unpaired) electrons. The molecule has 1 aromatic heterocycles. The number of benzene rings is 1. The number of rotatable bonds is 4. The maximum Gasteiger partial charge on any atom is 0.156 e. The molecule has 4 nitrogen and oxygen atoms in total. The molecule has 2 aromatic rings. The summed E-state index contributed by atoms with van der Waals surface area (Å²) in [5, 5.41) is 12.1. The lowest BCUT2D eigenvalue weighted by Crippen LogP contribution is -2.04. The summed E-state index contributed by atoms with van der Waals surface area (Å²) in [5.74, 6) is 1.16. The van der Waals surface area contributed by atoms with Gasteiger partial charge in [0.05, 0.1) is 0 Å². The third-order valence-electron chi connectivity index (χ3n) is 2.44. The highest BCUT2D eigenvalue weighted by Gasteiger charge is 1.98. The Hall–Kier alpha value is -1.94. The van der Waals surface area contributed by atoms with Gasteiger partial charge < -0.3 is 10.4 Å². The van der Waals surface area contributed by atoms with Crippen molar-refractivity contribution in [2.24, 2.45) is 0 Å². The predicted octanol–water partition coefficient (Wildman–Crippen LogP) is 1.89. The summed E-state index contributed by atoms with van der Waals surface area (Å²) in [4.78, 5) is 8.07. The van der Waals surface area contributed by atoms with Crippen LogP contribution in [0.3, 0.4) is 0 Å². The summed E-state index contributed by atoms with van der Waals surface area (Å²) >= 11 is 0. The molecule has 0 spiro atoms. The summed E-state index contributed by atoms with van der Waals surface area (Å²) < 4.78 is 0. The summed E-state index contributed by atoms with van der Waals surface area (Å²) in [7, 11) is 0. The smallest absolute Gasteiger partial charge is 0.156 e. The van der Waals surface area contributed by atoms with Crippen molar-refractivity contribution >= 4 is 5.82 Å². The number of aliphatic hydroxyl groups is 1. The molecule has 0 fully saturated rings. The third-order valence-corrected chi connectivity index (χ3v) is 2.44. The van der Waals surface area contributed by atoms with E-state index in [9.17, 15) is 0 Å². The van der Waals surface area contributed by atoms with Crippen molar-refractivity contribution in [2.45, 2.75) is 20.1 Å². The first-order valence-corrected chi connectivity index (χ1v) is 5.50. The Labute approximate surface area is 100 Å². The van der Waals surface area contributed by atoms with Gasteiger partial charge in [-0.05, 0) is 18.6 Å². The molecule has 0 atom stereocenters. The molecule has 1 heterocycles. The van der Waals surface area contributed by atoms with Crippen molar-refractivity contribution in [3.8, 4) is 0 Å². The SMILES string of the molecule is Cc1ccc(CNc2ccnc(CO)n2)cc1. The van der Waals surface area contributed by atoms with Gasteiger partial charge in [-0.2, -0.15) is 0 Å². The zero-order chi connectivity index (χ0) is 12.1. The second-order valence-electron chi connectivity index (χ2n) is 3.86. The van der Waals surface area contributed by atoms with Crippen LogP contribution in [0.1, 0.15) is 17.0 Å². The minimum Gasteiger partial charge on any atom is -0.388 e. The third kappa shape index (κ3) is 3.26. The van der Waals surface area contributed by atoms with Crippen molar-refractivity contribution in [1.29, 1.82) is 0 Å². The first-order chi connectivity index (χ1) is 8.28. The first-order valence-electron chi connectivity index (χ1n) is 5.50. The molecule has 0 amide bonds. The Bertz CT molecular complexity index is 482. The number of hydrogen-bond donors (Lipinski definition) is 2. The molecule has 2 N–H and O–H groups in total. The fraction of sp³-hybridized carbons (Fsp3) is 0.231. The Morgan fingerprint density at radius 2 is 1.94 bits per heavy atom. The van der Waals surface area contributed by atoms with E-state index in [0.29, 0.717) is 12.4 Å². The molecule has 0 unspecified atom stereocenters. The van der Waals surface area contributed by atoms with E-state index < -0.39 is 0 Å². The first kappa shape index (κ1) is 11.5. The van der Waals surface area contributed by atoms with E-state index in [1.54, 1.807) is 12.3 Å². The van der Waals surface area contributed by atoms with Gasteiger partial charge in [-0.25, -0.2) is 9.97 Å².